The fourth-order valence-corrected chi connectivity index (χ4v) is 9.28. The Morgan fingerprint density at radius 2 is 0.700 bits per heavy atom. The first-order valence-corrected chi connectivity index (χ1v) is 24.6. The van der Waals surface area contributed by atoms with Gasteiger partial charge in [-0.3, -0.25) is 19.6 Å². The molecule has 10 heteroatoms. The van der Waals surface area contributed by atoms with Gasteiger partial charge in [0.1, 0.15) is 36.2 Å². The molecule has 0 unspecified atom stereocenters. The Morgan fingerprint density at radius 1 is 0.429 bits per heavy atom. The summed E-state index contributed by atoms with van der Waals surface area (Å²) in [6.07, 6.45) is 4.53. The number of rotatable bonds is 0. The summed E-state index contributed by atoms with van der Waals surface area (Å²) in [5.41, 5.74) is 11.6. The van der Waals surface area contributed by atoms with E-state index in [4.69, 9.17) is 9.47 Å². The first-order chi connectivity index (χ1) is 32.8. The Hall–Kier alpha value is -6.68. The zero-order valence-electron chi connectivity index (χ0n) is 43.2. The largest absolute Gasteiger partial charge is 0.507 e. The molecule has 0 saturated carbocycles. The van der Waals surface area contributed by atoms with Gasteiger partial charge in [0.25, 0.3) is 11.8 Å². The molecule has 6 aromatic rings. The van der Waals surface area contributed by atoms with Crippen LogP contribution in [0.5, 0.6) is 23.0 Å². The lowest BCUT2D eigenvalue weighted by Crippen LogP contribution is -2.28. The quantitative estimate of drug-likeness (QED) is 0.118. The summed E-state index contributed by atoms with van der Waals surface area (Å²) in [5, 5.41) is 31.4. The maximum absolute atomic E-state index is 13.7. The number of aromatic nitrogens is 2. The lowest BCUT2D eigenvalue weighted by Gasteiger charge is -2.28. The SMILES string of the molecule is CC(C)(C)c1cc2c(O)c(c1)Cc1cc(C(C)(C)C)cc3c1OCCNC(=O)c1ccnc(c1)-c1cc(ccn1)C(=O)NCCOc1c(cc(C(C)(C)C)cc1Cc1cc(C(C)(C)C)cc(c1O)C3)C2. The van der Waals surface area contributed by atoms with Crippen molar-refractivity contribution in [2.45, 2.75) is 130 Å². The highest BCUT2D eigenvalue weighted by Crippen LogP contribution is 2.44. The second kappa shape index (κ2) is 18.9. The van der Waals surface area contributed by atoms with E-state index in [0.717, 1.165) is 66.8 Å². The number of ether oxygens (including phenoxy) is 2. The smallest absolute Gasteiger partial charge is 0.251 e. The highest BCUT2D eigenvalue weighted by atomic mass is 16.5. The number of hydrogen-bond donors (Lipinski definition) is 4. The molecule has 0 radical (unpaired) electrons. The van der Waals surface area contributed by atoms with E-state index in [0.29, 0.717) is 59.7 Å². The summed E-state index contributed by atoms with van der Waals surface area (Å²) < 4.78 is 13.8. The molecule has 4 aromatic carbocycles. The van der Waals surface area contributed by atoms with Crippen molar-refractivity contribution in [3.05, 3.63) is 163 Å². The molecule has 70 heavy (non-hydrogen) atoms. The molecule has 0 saturated heterocycles. The van der Waals surface area contributed by atoms with Gasteiger partial charge in [-0.25, -0.2) is 0 Å². The second-order valence-corrected chi connectivity index (χ2v) is 23.3. The van der Waals surface area contributed by atoms with Gasteiger partial charge in [0.15, 0.2) is 0 Å². The van der Waals surface area contributed by atoms with Crippen LogP contribution in [-0.2, 0) is 47.3 Å². The van der Waals surface area contributed by atoms with Crippen LogP contribution >= 0.6 is 0 Å². The summed E-state index contributed by atoms with van der Waals surface area (Å²) in [4.78, 5) is 36.5. The van der Waals surface area contributed by atoms with Gasteiger partial charge in [0, 0.05) is 49.2 Å². The Kier molecular flexibility index (Phi) is 13.4. The molecule has 366 valence electrons. The summed E-state index contributed by atoms with van der Waals surface area (Å²) in [7, 11) is 0. The van der Waals surface area contributed by atoms with Gasteiger partial charge in [-0.1, -0.05) is 132 Å². The van der Waals surface area contributed by atoms with Gasteiger partial charge in [-0.05, 0) is 113 Å². The molecule has 0 atom stereocenters. The number of amides is 2. The third-order valence-corrected chi connectivity index (χ3v) is 13.6. The van der Waals surface area contributed by atoms with Gasteiger partial charge < -0.3 is 30.3 Å². The zero-order valence-corrected chi connectivity index (χ0v) is 43.2. The van der Waals surface area contributed by atoms with E-state index in [1.165, 1.54) is 0 Å². The Bertz CT molecular complexity index is 2700. The molecule has 2 aromatic heterocycles. The third kappa shape index (κ3) is 10.9. The van der Waals surface area contributed by atoms with Crippen molar-refractivity contribution in [1.82, 2.24) is 20.6 Å². The molecular weight excluding hydrogens is 873 g/mol. The standard InChI is InChI=1S/C60H70N4O6/c1-57(2,3)45-25-37-21-41-29-47(59(7,8)9)31-43-23-39-27-46(58(4,5)6)28-40(52(39)66)24-44-32-48(60(10,11)12)30-42(22-38(26-45)51(37)65)54(44)70-20-18-64-56(68)36-14-16-62-50(34-36)49-33-35(13-15-61-49)55(67)63-17-19-69-53(41)43/h13-16,25-34,65-66H,17-24H2,1-12H3,(H,63,67)(H,64,68). The first kappa shape index (κ1) is 49.7. The third-order valence-electron chi connectivity index (χ3n) is 13.6. The molecule has 10 nitrogen and oxygen atoms in total. The van der Waals surface area contributed by atoms with E-state index in [1.54, 1.807) is 36.7 Å². The normalized spacial score (nSPS) is 15.0. The Morgan fingerprint density at radius 3 is 0.971 bits per heavy atom. The average Bonchev–Trinajstić information content (AvgIpc) is 3.28. The predicted molar refractivity (Wildman–Crippen MR) is 278 cm³/mol. The molecule has 0 fully saturated rings. The van der Waals surface area contributed by atoms with Gasteiger partial charge in [-0.15, -0.1) is 0 Å². The van der Waals surface area contributed by atoms with Crippen LogP contribution in [0, 0.1) is 0 Å². The molecule has 4 heterocycles. The number of benzene rings is 4. The monoisotopic (exact) mass is 943 g/mol. The maximum atomic E-state index is 13.7. The summed E-state index contributed by atoms with van der Waals surface area (Å²) in [6, 6.07) is 23.9. The number of fused-ring (bicyclic) bond motifs is 8. The van der Waals surface area contributed by atoms with Crippen molar-refractivity contribution in [1.29, 1.82) is 0 Å². The van der Waals surface area contributed by atoms with Gasteiger partial charge in [-0.2, -0.15) is 0 Å². The van der Waals surface area contributed by atoms with Crippen molar-refractivity contribution in [2.24, 2.45) is 0 Å². The van der Waals surface area contributed by atoms with Gasteiger partial charge >= 0.3 is 0 Å². The van der Waals surface area contributed by atoms with Crippen LogP contribution in [0.2, 0.25) is 0 Å². The van der Waals surface area contributed by atoms with E-state index in [-0.39, 0.29) is 71.3 Å². The number of carbonyl (C=O) groups excluding carboxylic acids is 2. The molecule has 4 N–H and O–H groups in total. The van der Waals surface area contributed by atoms with Crippen LogP contribution in [-0.4, -0.2) is 58.3 Å². The fourth-order valence-electron chi connectivity index (χ4n) is 9.28. The van der Waals surface area contributed by atoms with Crippen molar-refractivity contribution < 1.29 is 29.3 Å². The molecule has 2 amide bonds. The molecule has 0 spiro atoms. The predicted octanol–water partition coefficient (Wildman–Crippen LogP) is 11.4. The van der Waals surface area contributed by atoms with Crippen molar-refractivity contribution in [2.75, 3.05) is 26.3 Å². The van der Waals surface area contributed by atoms with Crippen LogP contribution in [0.3, 0.4) is 0 Å². The topological polar surface area (TPSA) is 143 Å². The molecular formula is C60H70N4O6. The van der Waals surface area contributed by atoms with Crippen molar-refractivity contribution in [3.63, 3.8) is 0 Å². The summed E-state index contributed by atoms with van der Waals surface area (Å²) in [6.45, 7) is 26.9. The highest BCUT2D eigenvalue weighted by molar-refractivity contribution is 5.96. The summed E-state index contributed by atoms with van der Waals surface area (Å²) in [5.74, 6) is 1.09. The minimum atomic E-state index is -0.313. The van der Waals surface area contributed by atoms with Crippen LogP contribution in [0.25, 0.3) is 11.4 Å². The highest BCUT2D eigenvalue weighted by Gasteiger charge is 2.29. The van der Waals surface area contributed by atoms with Crippen LogP contribution < -0.4 is 20.1 Å². The number of phenolic OH excluding ortho intramolecular Hbond substituents is 2. The van der Waals surface area contributed by atoms with E-state index < -0.39 is 0 Å². The molecule has 14 bridgehead atoms. The van der Waals surface area contributed by atoms with E-state index >= 15 is 0 Å². The number of nitrogens with zero attached hydrogens (tertiary/aromatic N) is 2. The van der Waals surface area contributed by atoms with Crippen LogP contribution in [0.4, 0.5) is 0 Å². The number of carbonyl (C=O) groups is 2. The van der Waals surface area contributed by atoms with Crippen LogP contribution in [0.15, 0.2) is 85.2 Å². The Labute approximate surface area is 414 Å². The zero-order chi connectivity index (χ0) is 50.5. The lowest BCUT2D eigenvalue weighted by atomic mass is 9.79. The van der Waals surface area contributed by atoms with Gasteiger partial charge in [0.2, 0.25) is 0 Å². The van der Waals surface area contributed by atoms with Crippen molar-refractivity contribution >= 4 is 11.8 Å². The number of aromatic hydroxyl groups is 2. The van der Waals surface area contributed by atoms with E-state index in [2.05, 4.69) is 152 Å². The average molecular weight is 943 g/mol. The number of phenols is 2. The minimum absolute atomic E-state index is 0.142. The number of hydrogen-bond acceptors (Lipinski definition) is 8. The van der Waals surface area contributed by atoms with Crippen LogP contribution in [0.1, 0.15) is 171 Å². The van der Waals surface area contributed by atoms with E-state index in [9.17, 15) is 19.8 Å². The van der Waals surface area contributed by atoms with E-state index in [1.807, 2.05) is 0 Å². The molecule has 2 aliphatic heterocycles. The lowest BCUT2D eigenvalue weighted by molar-refractivity contribution is 0.0939. The minimum Gasteiger partial charge on any atom is -0.507 e. The maximum Gasteiger partial charge on any atom is 0.251 e. The first-order valence-electron chi connectivity index (χ1n) is 24.6. The van der Waals surface area contributed by atoms with Crippen molar-refractivity contribution in [3.8, 4) is 34.4 Å². The Balaban J connectivity index is 1.41. The second-order valence-electron chi connectivity index (χ2n) is 23.3. The number of nitrogens with one attached hydrogen (secondary N) is 2. The summed E-state index contributed by atoms with van der Waals surface area (Å²) >= 11 is 0. The van der Waals surface area contributed by atoms with Gasteiger partial charge in [0.05, 0.1) is 24.5 Å². The number of pyridine rings is 2. The molecule has 3 aliphatic rings. The molecule has 9 rings (SSSR count). The molecule has 1 aliphatic carbocycles. The fraction of sp³-hybridized carbons (Fsp3) is 0.400.